The highest BCUT2D eigenvalue weighted by Gasteiger charge is 2.33. The third-order valence-corrected chi connectivity index (χ3v) is 8.36. The molecule has 0 bridgehead atoms. The van der Waals surface area contributed by atoms with Gasteiger partial charge < -0.3 is 14.2 Å². The molecule has 0 saturated carbocycles. The van der Waals surface area contributed by atoms with Gasteiger partial charge in [0.1, 0.15) is 5.82 Å². The summed E-state index contributed by atoms with van der Waals surface area (Å²) in [5.41, 5.74) is 1.37. The lowest BCUT2D eigenvalue weighted by Gasteiger charge is -2.40. The Bertz CT molecular complexity index is 1150. The Kier molecular flexibility index (Phi) is 8.02. The van der Waals surface area contributed by atoms with Crippen LogP contribution in [0.1, 0.15) is 59.2 Å². The molecule has 0 radical (unpaired) electrons. The second-order valence-electron chi connectivity index (χ2n) is 9.22. The van der Waals surface area contributed by atoms with Crippen LogP contribution in [0.4, 0.5) is 0 Å². The molecule has 9 nitrogen and oxygen atoms in total. The summed E-state index contributed by atoms with van der Waals surface area (Å²) < 4.78 is 33.5. The number of nitrogens with zero attached hydrogens (tertiary/aromatic N) is 4. The number of sulfonamides is 1. The number of ether oxygens (including phenoxy) is 1. The second kappa shape index (κ2) is 10.4. The van der Waals surface area contributed by atoms with Crippen molar-refractivity contribution in [3.05, 3.63) is 24.0 Å². The number of likely N-dealkylation sites (tertiary alicyclic amines) is 1. The Balaban J connectivity index is 1.69. The van der Waals surface area contributed by atoms with Crippen LogP contribution in [0.2, 0.25) is 0 Å². The van der Waals surface area contributed by atoms with E-state index in [1.165, 1.54) is 14.1 Å². The Morgan fingerprint density at radius 1 is 1.21 bits per heavy atom. The summed E-state index contributed by atoms with van der Waals surface area (Å²) in [6, 6.07) is 5.15. The largest absolute Gasteiger partial charge is 0.453 e. The summed E-state index contributed by atoms with van der Waals surface area (Å²) in [5.74, 6) is 0.0679. The number of hydrogen-bond donors (Lipinski definition) is 0. The molecule has 34 heavy (non-hydrogen) atoms. The van der Waals surface area contributed by atoms with Crippen molar-refractivity contribution in [2.45, 2.75) is 89.4 Å². The van der Waals surface area contributed by atoms with Crippen molar-refractivity contribution in [2.24, 2.45) is 0 Å². The SMILES string of the molecule is CCn1c(CCC(=O)O[C@H](C)C(=O)N2[C@@H](C)CCC[C@@H]2C)nc2cc(S(=O)(=O)N(C)C)ccc21. The van der Waals surface area contributed by atoms with Crippen LogP contribution in [-0.4, -0.2) is 71.3 Å². The third kappa shape index (κ3) is 5.27. The van der Waals surface area contributed by atoms with Gasteiger partial charge in [-0.2, -0.15) is 0 Å². The van der Waals surface area contributed by atoms with Crippen LogP contribution in [0.25, 0.3) is 11.0 Å². The van der Waals surface area contributed by atoms with E-state index >= 15 is 0 Å². The zero-order chi connectivity index (χ0) is 25.2. The van der Waals surface area contributed by atoms with Crippen LogP contribution in [0.15, 0.2) is 23.1 Å². The zero-order valence-corrected chi connectivity index (χ0v) is 21.8. The summed E-state index contributed by atoms with van der Waals surface area (Å²) in [6.45, 7) is 8.29. The van der Waals surface area contributed by atoms with E-state index in [2.05, 4.69) is 4.98 Å². The highest BCUT2D eigenvalue weighted by Crippen LogP contribution is 2.25. The van der Waals surface area contributed by atoms with Gasteiger partial charge in [-0.1, -0.05) is 0 Å². The maximum atomic E-state index is 12.9. The van der Waals surface area contributed by atoms with Crippen molar-refractivity contribution in [1.82, 2.24) is 18.8 Å². The molecular formula is C24H36N4O5S. The first-order valence-electron chi connectivity index (χ1n) is 11.9. The van der Waals surface area contributed by atoms with E-state index in [9.17, 15) is 18.0 Å². The van der Waals surface area contributed by atoms with Crippen molar-refractivity contribution in [1.29, 1.82) is 0 Å². The minimum Gasteiger partial charge on any atom is -0.453 e. The molecule has 3 atom stereocenters. The van der Waals surface area contributed by atoms with Gasteiger partial charge in [0.2, 0.25) is 10.0 Å². The molecule has 0 unspecified atom stereocenters. The molecule has 1 aliphatic heterocycles. The van der Waals surface area contributed by atoms with Crippen LogP contribution < -0.4 is 0 Å². The van der Waals surface area contributed by atoms with E-state index < -0.39 is 22.1 Å². The lowest BCUT2D eigenvalue weighted by molar-refractivity contribution is -0.162. The maximum Gasteiger partial charge on any atom is 0.307 e. The number of carbonyl (C=O) groups excluding carboxylic acids is 2. The molecule has 188 valence electrons. The van der Waals surface area contributed by atoms with E-state index in [4.69, 9.17) is 4.74 Å². The zero-order valence-electron chi connectivity index (χ0n) is 20.9. The number of amides is 1. The summed E-state index contributed by atoms with van der Waals surface area (Å²) in [7, 11) is -0.598. The minimum atomic E-state index is -3.57. The first-order chi connectivity index (χ1) is 16.0. The van der Waals surface area contributed by atoms with Crippen molar-refractivity contribution >= 4 is 32.9 Å². The van der Waals surface area contributed by atoms with Gasteiger partial charge >= 0.3 is 5.97 Å². The molecule has 1 amide bonds. The van der Waals surface area contributed by atoms with Gasteiger partial charge in [0.15, 0.2) is 6.10 Å². The monoisotopic (exact) mass is 492 g/mol. The molecule has 1 fully saturated rings. The lowest BCUT2D eigenvalue weighted by atomic mass is 9.97. The Morgan fingerprint density at radius 2 is 1.85 bits per heavy atom. The Labute approximate surface area is 202 Å². The van der Waals surface area contributed by atoms with Crippen molar-refractivity contribution in [3.63, 3.8) is 0 Å². The summed E-state index contributed by atoms with van der Waals surface area (Å²) >= 11 is 0. The average molecular weight is 493 g/mol. The van der Waals surface area contributed by atoms with Crippen molar-refractivity contribution in [3.8, 4) is 0 Å². The molecule has 10 heteroatoms. The fourth-order valence-corrected chi connectivity index (χ4v) is 5.58. The molecule has 0 spiro atoms. The summed E-state index contributed by atoms with van der Waals surface area (Å²) in [6.07, 6.45) is 2.59. The van der Waals surface area contributed by atoms with Crippen molar-refractivity contribution in [2.75, 3.05) is 14.1 Å². The minimum absolute atomic E-state index is 0.0783. The van der Waals surface area contributed by atoms with E-state index in [1.807, 2.05) is 30.2 Å². The number of carbonyl (C=O) groups is 2. The van der Waals surface area contributed by atoms with E-state index in [0.29, 0.717) is 24.3 Å². The van der Waals surface area contributed by atoms with E-state index in [0.717, 1.165) is 29.1 Å². The molecule has 3 rings (SSSR count). The van der Waals surface area contributed by atoms with Gasteiger partial charge in [0.25, 0.3) is 5.91 Å². The van der Waals surface area contributed by atoms with Gasteiger partial charge in [0, 0.05) is 39.1 Å². The van der Waals surface area contributed by atoms with E-state index in [1.54, 1.807) is 25.1 Å². The fraction of sp³-hybridized carbons (Fsp3) is 0.625. The molecule has 0 aliphatic carbocycles. The molecule has 2 heterocycles. The van der Waals surface area contributed by atoms with Crippen LogP contribution in [-0.2, 0) is 37.3 Å². The molecule has 1 aromatic heterocycles. The lowest BCUT2D eigenvalue weighted by Crippen LogP contribution is -2.51. The predicted octanol–water partition coefficient (Wildman–Crippen LogP) is 2.96. The highest BCUT2D eigenvalue weighted by molar-refractivity contribution is 7.89. The third-order valence-electron chi connectivity index (χ3n) is 6.55. The first kappa shape index (κ1) is 26.2. The maximum absolute atomic E-state index is 12.9. The predicted molar refractivity (Wildman–Crippen MR) is 130 cm³/mol. The van der Waals surface area contributed by atoms with Gasteiger partial charge in [-0.25, -0.2) is 17.7 Å². The van der Waals surface area contributed by atoms with Crippen LogP contribution in [0, 0.1) is 0 Å². The summed E-state index contributed by atoms with van der Waals surface area (Å²) in [4.78, 5) is 32.0. The van der Waals surface area contributed by atoms with Crippen molar-refractivity contribution < 1.29 is 22.7 Å². The average Bonchev–Trinajstić information content (AvgIpc) is 3.13. The highest BCUT2D eigenvalue weighted by atomic mass is 32.2. The molecule has 0 N–H and O–H groups in total. The molecule has 1 saturated heterocycles. The number of hydrogen-bond acceptors (Lipinski definition) is 6. The van der Waals surface area contributed by atoms with Gasteiger partial charge in [-0.15, -0.1) is 0 Å². The number of piperidine rings is 1. The molecule has 1 aromatic carbocycles. The fourth-order valence-electron chi connectivity index (χ4n) is 4.66. The van der Waals surface area contributed by atoms with Crippen LogP contribution in [0.3, 0.4) is 0 Å². The number of imidazole rings is 1. The quantitative estimate of drug-likeness (QED) is 0.525. The first-order valence-corrected chi connectivity index (χ1v) is 13.3. The standard InChI is InChI=1S/C24H36N4O5S/c1-7-27-21-12-11-19(34(31,32)26(5)6)15-20(21)25-22(27)13-14-23(29)33-18(4)24(30)28-16(2)9-8-10-17(28)3/h11-12,15-18H,7-10,13-14H2,1-6H3/t16-,17-,18+/m0/s1. The smallest absolute Gasteiger partial charge is 0.307 e. The normalized spacial score (nSPS) is 20.0. The van der Waals surface area contributed by atoms with Gasteiger partial charge in [-0.05, 0) is 65.2 Å². The molecule has 1 aliphatic rings. The summed E-state index contributed by atoms with van der Waals surface area (Å²) in [5, 5.41) is 0. The Hall–Kier alpha value is -2.46. The number of fused-ring (bicyclic) bond motifs is 1. The number of esters is 1. The number of aromatic nitrogens is 2. The molecular weight excluding hydrogens is 456 g/mol. The Morgan fingerprint density at radius 3 is 2.44 bits per heavy atom. The van der Waals surface area contributed by atoms with E-state index in [-0.39, 0.29) is 29.3 Å². The second-order valence-corrected chi connectivity index (χ2v) is 11.4. The van der Waals surface area contributed by atoms with Crippen LogP contribution in [0.5, 0.6) is 0 Å². The number of benzene rings is 1. The number of rotatable bonds is 8. The topological polar surface area (TPSA) is 102 Å². The van der Waals surface area contributed by atoms with Gasteiger partial charge in [-0.3, -0.25) is 9.59 Å². The van der Waals surface area contributed by atoms with Gasteiger partial charge in [0.05, 0.1) is 22.3 Å². The van der Waals surface area contributed by atoms with Crippen LogP contribution >= 0.6 is 0 Å². The number of aryl methyl sites for hydroxylation is 2. The molecule has 2 aromatic rings.